The van der Waals surface area contributed by atoms with Crippen LogP contribution in [0.1, 0.15) is 27.3 Å². The maximum absolute atomic E-state index is 12.5. The van der Waals surface area contributed by atoms with Crippen molar-refractivity contribution in [3.05, 3.63) is 76.1 Å². The molecule has 26 heavy (non-hydrogen) atoms. The fraction of sp³-hybridized carbons (Fsp3) is 0.200. The fourth-order valence-electron chi connectivity index (χ4n) is 2.87. The van der Waals surface area contributed by atoms with Crippen LogP contribution in [0.25, 0.3) is 5.69 Å². The molecule has 0 unspecified atom stereocenters. The summed E-state index contributed by atoms with van der Waals surface area (Å²) in [7, 11) is 1.51. The number of hydrogen-bond acceptors (Lipinski definition) is 3. The first-order valence-electron chi connectivity index (χ1n) is 8.23. The lowest BCUT2D eigenvalue weighted by atomic mass is 10.1. The van der Waals surface area contributed by atoms with Gasteiger partial charge in [0.1, 0.15) is 5.75 Å². The lowest BCUT2D eigenvalue weighted by molar-refractivity contribution is 0.0948. The van der Waals surface area contributed by atoms with Gasteiger partial charge in [0.05, 0.1) is 24.1 Å². The zero-order valence-electron chi connectivity index (χ0n) is 14.9. The van der Waals surface area contributed by atoms with Gasteiger partial charge in [0.2, 0.25) is 0 Å². The van der Waals surface area contributed by atoms with Gasteiger partial charge >= 0.3 is 0 Å². The van der Waals surface area contributed by atoms with Crippen molar-refractivity contribution in [2.45, 2.75) is 20.4 Å². The summed E-state index contributed by atoms with van der Waals surface area (Å²) in [6.07, 6.45) is 0. The maximum atomic E-state index is 12.5. The summed E-state index contributed by atoms with van der Waals surface area (Å²) in [5.74, 6) is 0.230. The standard InChI is InChI=1S/C20H20ClN3O2/c1-13-18(14(2)24(23-13)16-7-5-4-6-8-16)12-22-20(25)17-10-9-15(21)11-19(17)26-3/h4-11H,12H2,1-3H3,(H,22,25). The van der Waals surface area contributed by atoms with Gasteiger partial charge < -0.3 is 10.1 Å². The van der Waals surface area contributed by atoms with Crippen LogP contribution in [0.2, 0.25) is 5.02 Å². The lowest BCUT2D eigenvalue weighted by Crippen LogP contribution is -2.24. The number of nitrogens with zero attached hydrogens (tertiary/aromatic N) is 2. The molecule has 0 aliphatic carbocycles. The van der Waals surface area contributed by atoms with Crippen LogP contribution in [0.5, 0.6) is 5.75 Å². The third-order valence-electron chi connectivity index (χ3n) is 4.28. The Morgan fingerprint density at radius 2 is 1.92 bits per heavy atom. The SMILES string of the molecule is COc1cc(Cl)ccc1C(=O)NCc1c(C)nn(-c2ccccc2)c1C. The van der Waals surface area contributed by atoms with E-state index in [1.807, 2.05) is 48.9 Å². The number of aromatic nitrogens is 2. The lowest BCUT2D eigenvalue weighted by Gasteiger charge is -2.10. The van der Waals surface area contributed by atoms with Crippen LogP contribution in [0.3, 0.4) is 0 Å². The Hall–Kier alpha value is -2.79. The molecule has 0 aliphatic heterocycles. The van der Waals surface area contributed by atoms with Gasteiger partial charge in [-0.15, -0.1) is 0 Å². The molecular weight excluding hydrogens is 350 g/mol. The van der Waals surface area contributed by atoms with Crippen molar-refractivity contribution >= 4 is 17.5 Å². The summed E-state index contributed by atoms with van der Waals surface area (Å²) < 4.78 is 7.14. The molecule has 5 nitrogen and oxygen atoms in total. The highest BCUT2D eigenvalue weighted by Gasteiger charge is 2.16. The minimum atomic E-state index is -0.218. The van der Waals surface area contributed by atoms with Gasteiger partial charge in [-0.2, -0.15) is 5.10 Å². The van der Waals surface area contributed by atoms with Gasteiger partial charge in [0.15, 0.2) is 0 Å². The van der Waals surface area contributed by atoms with Crippen molar-refractivity contribution in [1.29, 1.82) is 0 Å². The van der Waals surface area contributed by atoms with E-state index in [1.165, 1.54) is 7.11 Å². The van der Waals surface area contributed by atoms with Gasteiger partial charge in [0, 0.05) is 22.8 Å². The number of benzene rings is 2. The summed E-state index contributed by atoms with van der Waals surface area (Å²) >= 11 is 5.95. The van der Waals surface area contributed by atoms with Crippen LogP contribution in [0, 0.1) is 13.8 Å². The van der Waals surface area contributed by atoms with Gasteiger partial charge in [-0.25, -0.2) is 4.68 Å². The molecule has 1 N–H and O–H groups in total. The third-order valence-corrected chi connectivity index (χ3v) is 4.51. The molecule has 1 heterocycles. The fourth-order valence-corrected chi connectivity index (χ4v) is 3.03. The highest BCUT2D eigenvalue weighted by Crippen LogP contribution is 2.23. The number of nitrogens with one attached hydrogen (secondary N) is 1. The largest absolute Gasteiger partial charge is 0.496 e. The summed E-state index contributed by atoms with van der Waals surface area (Å²) in [4.78, 5) is 12.5. The first-order chi connectivity index (χ1) is 12.5. The number of methoxy groups -OCH3 is 1. The Morgan fingerprint density at radius 1 is 1.19 bits per heavy atom. The quantitative estimate of drug-likeness (QED) is 0.737. The number of para-hydroxylation sites is 1. The molecule has 3 aromatic rings. The maximum Gasteiger partial charge on any atom is 0.255 e. The van der Waals surface area contributed by atoms with E-state index in [9.17, 15) is 4.79 Å². The number of carbonyl (C=O) groups is 1. The van der Waals surface area contributed by atoms with Crippen molar-refractivity contribution in [2.24, 2.45) is 0 Å². The predicted molar refractivity (Wildman–Crippen MR) is 102 cm³/mol. The number of halogens is 1. The second-order valence-electron chi connectivity index (χ2n) is 5.92. The summed E-state index contributed by atoms with van der Waals surface area (Å²) in [5.41, 5.74) is 4.31. The average Bonchev–Trinajstić information content (AvgIpc) is 2.94. The molecule has 0 saturated carbocycles. The Morgan fingerprint density at radius 3 is 2.62 bits per heavy atom. The van der Waals surface area contributed by atoms with E-state index < -0.39 is 0 Å². The predicted octanol–water partition coefficient (Wildman–Crippen LogP) is 4.08. The van der Waals surface area contributed by atoms with E-state index >= 15 is 0 Å². The third kappa shape index (κ3) is 3.58. The van der Waals surface area contributed by atoms with Crippen LogP contribution in [0.15, 0.2) is 48.5 Å². The van der Waals surface area contributed by atoms with Gasteiger partial charge in [-0.3, -0.25) is 4.79 Å². The van der Waals surface area contributed by atoms with Crippen LogP contribution in [0.4, 0.5) is 0 Å². The Balaban J connectivity index is 1.80. The topological polar surface area (TPSA) is 56.1 Å². The van der Waals surface area contributed by atoms with Crippen LogP contribution < -0.4 is 10.1 Å². The second kappa shape index (κ2) is 7.62. The molecule has 3 rings (SSSR count). The Labute approximate surface area is 157 Å². The molecule has 1 amide bonds. The number of ether oxygens (including phenoxy) is 1. The molecule has 0 fully saturated rings. The summed E-state index contributed by atoms with van der Waals surface area (Å²) in [6.45, 7) is 4.32. The van der Waals surface area contributed by atoms with Crippen molar-refractivity contribution in [2.75, 3.05) is 7.11 Å². The molecule has 0 saturated heterocycles. The monoisotopic (exact) mass is 369 g/mol. The van der Waals surface area contributed by atoms with E-state index in [2.05, 4.69) is 10.4 Å². The first kappa shape index (κ1) is 18.0. The van der Waals surface area contributed by atoms with Crippen molar-refractivity contribution in [3.63, 3.8) is 0 Å². The van der Waals surface area contributed by atoms with Gasteiger partial charge in [-0.05, 0) is 44.2 Å². The number of rotatable bonds is 5. The molecule has 134 valence electrons. The molecule has 0 spiro atoms. The van der Waals surface area contributed by atoms with E-state index in [0.717, 1.165) is 22.6 Å². The second-order valence-corrected chi connectivity index (χ2v) is 6.36. The Kier molecular flexibility index (Phi) is 5.28. The molecule has 6 heteroatoms. The molecular formula is C20H20ClN3O2. The van der Waals surface area contributed by atoms with E-state index in [1.54, 1.807) is 18.2 Å². The zero-order chi connectivity index (χ0) is 18.7. The average molecular weight is 370 g/mol. The molecule has 0 atom stereocenters. The molecule has 2 aromatic carbocycles. The normalized spacial score (nSPS) is 10.6. The van der Waals surface area contributed by atoms with Crippen LogP contribution >= 0.6 is 11.6 Å². The minimum Gasteiger partial charge on any atom is -0.496 e. The minimum absolute atomic E-state index is 0.218. The summed E-state index contributed by atoms with van der Waals surface area (Å²) in [5, 5.41) is 8.06. The van der Waals surface area contributed by atoms with Crippen molar-refractivity contribution in [3.8, 4) is 11.4 Å². The number of carbonyl (C=O) groups excluding carboxylic acids is 1. The Bertz CT molecular complexity index is 936. The van der Waals surface area contributed by atoms with E-state index in [0.29, 0.717) is 22.9 Å². The number of hydrogen-bond donors (Lipinski definition) is 1. The van der Waals surface area contributed by atoms with Crippen LogP contribution in [-0.2, 0) is 6.54 Å². The van der Waals surface area contributed by atoms with Gasteiger partial charge in [0.25, 0.3) is 5.91 Å². The smallest absolute Gasteiger partial charge is 0.255 e. The zero-order valence-corrected chi connectivity index (χ0v) is 15.7. The molecule has 0 aliphatic rings. The first-order valence-corrected chi connectivity index (χ1v) is 8.61. The molecule has 0 bridgehead atoms. The summed E-state index contributed by atoms with van der Waals surface area (Å²) in [6, 6.07) is 14.9. The number of aryl methyl sites for hydroxylation is 1. The van der Waals surface area contributed by atoms with Gasteiger partial charge in [-0.1, -0.05) is 29.8 Å². The van der Waals surface area contributed by atoms with E-state index in [-0.39, 0.29) is 5.91 Å². The highest BCUT2D eigenvalue weighted by molar-refractivity contribution is 6.30. The van der Waals surface area contributed by atoms with Crippen molar-refractivity contribution in [1.82, 2.24) is 15.1 Å². The van der Waals surface area contributed by atoms with Crippen LogP contribution in [-0.4, -0.2) is 22.8 Å². The van der Waals surface area contributed by atoms with Crippen molar-refractivity contribution < 1.29 is 9.53 Å². The highest BCUT2D eigenvalue weighted by atomic mass is 35.5. The molecule has 0 radical (unpaired) electrons. The molecule has 1 aromatic heterocycles. The number of amides is 1. The van der Waals surface area contributed by atoms with E-state index in [4.69, 9.17) is 16.3 Å².